The van der Waals surface area contributed by atoms with Crippen LogP contribution in [-0.4, -0.2) is 5.78 Å². The minimum Gasteiger partial charge on any atom is -0.295 e. The molecule has 0 heterocycles. The maximum Gasteiger partial charge on any atom is 0.156 e. The lowest BCUT2D eigenvalue weighted by atomic mass is 9.86. The molecule has 1 nitrogen and oxygen atoms in total. The van der Waals surface area contributed by atoms with Crippen LogP contribution in [0.15, 0.2) is 11.6 Å². The number of hydrogen-bond acceptors (Lipinski definition) is 1. The Hall–Kier alpha value is -0.590. The van der Waals surface area contributed by atoms with E-state index in [1.807, 2.05) is 6.08 Å². The zero-order chi connectivity index (χ0) is 7.19. The average Bonchev–Trinajstić information content (AvgIpc) is 2.20. The second kappa shape index (κ2) is 1.71. The summed E-state index contributed by atoms with van der Waals surface area (Å²) in [6.45, 7) is 2.22. The minimum absolute atomic E-state index is 0.289. The Morgan fingerprint density at radius 3 is 3.10 bits per heavy atom. The van der Waals surface area contributed by atoms with Crippen LogP contribution in [-0.2, 0) is 4.79 Å². The molecule has 1 fully saturated rings. The van der Waals surface area contributed by atoms with Gasteiger partial charge in [-0.15, -0.1) is 0 Å². The molecule has 0 saturated heterocycles. The van der Waals surface area contributed by atoms with E-state index in [1.165, 1.54) is 24.8 Å². The lowest BCUT2D eigenvalue weighted by Gasteiger charge is -2.18. The van der Waals surface area contributed by atoms with Crippen molar-refractivity contribution >= 4 is 5.78 Å². The number of fused-ring (bicyclic) bond motifs is 1. The SMILES string of the molecule is CC12CCCC1=CC(=O)C2. The van der Waals surface area contributed by atoms with Gasteiger partial charge < -0.3 is 0 Å². The number of hydrogen-bond donors (Lipinski definition) is 0. The molecule has 0 amide bonds. The summed E-state index contributed by atoms with van der Waals surface area (Å²) >= 11 is 0. The summed E-state index contributed by atoms with van der Waals surface area (Å²) in [5.74, 6) is 0.345. The highest BCUT2D eigenvalue weighted by Gasteiger charge is 2.39. The van der Waals surface area contributed by atoms with E-state index < -0.39 is 0 Å². The quantitative estimate of drug-likeness (QED) is 0.498. The van der Waals surface area contributed by atoms with Crippen molar-refractivity contribution in [3.8, 4) is 0 Å². The van der Waals surface area contributed by atoms with Gasteiger partial charge in [0.2, 0.25) is 0 Å². The first-order chi connectivity index (χ1) is 4.71. The van der Waals surface area contributed by atoms with Crippen LogP contribution in [0.25, 0.3) is 0 Å². The number of ketones is 1. The molecular weight excluding hydrogens is 124 g/mol. The molecule has 0 radical (unpaired) electrons. The highest BCUT2D eigenvalue weighted by Crippen LogP contribution is 2.48. The molecular formula is C9H12O. The molecule has 0 aromatic heterocycles. The Bertz CT molecular complexity index is 215. The van der Waals surface area contributed by atoms with Crippen LogP contribution in [0.3, 0.4) is 0 Å². The second-order valence-corrected chi connectivity index (χ2v) is 3.73. The molecule has 2 aliphatic rings. The molecule has 0 aliphatic heterocycles. The zero-order valence-electron chi connectivity index (χ0n) is 6.31. The lowest BCUT2D eigenvalue weighted by molar-refractivity contribution is -0.115. The molecule has 0 N–H and O–H groups in total. The van der Waals surface area contributed by atoms with E-state index in [9.17, 15) is 4.79 Å². The molecule has 1 atom stereocenters. The van der Waals surface area contributed by atoms with Crippen molar-refractivity contribution < 1.29 is 4.79 Å². The number of carbonyl (C=O) groups excluding carboxylic acids is 1. The molecule has 1 heteroatoms. The first-order valence-electron chi connectivity index (χ1n) is 3.95. The van der Waals surface area contributed by atoms with Gasteiger partial charge in [0.1, 0.15) is 0 Å². The third-order valence-corrected chi connectivity index (χ3v) is 2.85. The Balaban J connectivity index is 2.37. The lowest BCUT2D eigenvalue weighted by Crippen LogP contribution is -2.10. The molecule has 2 aliphatic carbocycles. The Morgan fingerprint density at radius 1 is 1.60 bits per heavy atom. The first kappa shape index (κ1) is 6.14. The summed E-state index contributed by atoms with van der Waals surface area (Å²) in [5.41, 5.74) is 1.70. The third-order valence-electron chi connectivity index (χ3n) is 2.85. The fourth-order valence-corrected chi connectivity index (χ4v) is 2.21. The smallest absolute Gasteiger partial charge is 0.156 e. The van der Waals surface area contributed by atoms with Crippen LogP contribution in [0.1, 0.15) is 32.6 Å². The van der Waals surface area contributed by atoms with Gasteiger partial charge >= 0.3 is 0 Å². The van der Waals surface area contributed by atoms with Crippen LogP contribution >= 0.6 is 0 Å². The van der Waals surface area contributed by atoms with Crippen LogP contribution in [0.5, 0.6) is 0 Å². The summed E-state index contributed by atoms with van der Waals surface area (Å²) in [7, 11) is 0. The van der Waals surface area contributed by atoms with E-state index in [4.69, 9.17) is 0 Å². The van der Waals surface area contributed by atoms with Crippen molar-refractivity contribution in [3.63, 3.8) is 0 Å². The standard InChI is InChI=1S/C9H12O/c1-9-4-2-3-7(9)5-8(10)6-9/h5H,2-4,6H2,1H3. The summed E-state index contributed by atoms with van der Waals surface area (Å²) < 4.78 is 0. The minimum atomic E-state index is 0.289. The molecule has 0 spiro atoms. The summed E-state index contributed by atoms with van der Waals surface area (Å²) in [6.07, 6.45) is 6.33. The van der Waals surface area contributed by atoms with Crippen LogP contribution in [0.2, 0.25) is 0 Å². The van der Waals surface area contributed by atoms with E-state index in [2.05, 4.69) is 6.92 Å². The van der Waals surface area contributed by atoms with Gasteiger partial charge in [-0.2, -0.15) is 0 Å². The summed E-state index contributed by atoms with van der Waals surface area (Å²) in [5, 5.41) is 0. The monoisotopic (exact) mass is 136 g/mol. The zero-order valence-corrected chi connectivity index (χ0v) is 6.31. The maximum absolute atomic E-state index is 11.0. The largest absolute Gasteiger partial charge is 0.295 e. The normalized spacial score (nSPS) is 38.1. The predicted molar refractivity (Wildman–Crippen MR) is 39.7 cm³/mol. The molecule has 0 aromatic rings. The number of allylic oxidation sites excluding steroid dienone is 2. The van der Waals surface area contributed by atoms with Gasteiger partial charge in [0.05, 0.1) is 0 Å². The van der Waals surface area contributed by atoms with Crippen molar-refractivity contribution in [3.05, 3.63) is 11.6 Å². The highest BCUT2D eigenvalue weighted by molar-refractivity contribution is 5.94. The van der Waals surface area contributed by atoms with Crippen molar-refractivity contribution in [1.29, 1.82) is 0 Å². The summed E-state index contributed by atoms with van der Waals surface area (Å²) in [4.78, 5) is 11.0. The van der Waals surface area contributed by atoms with Crippen molar-refractivity contribution in [1.82, 2.24) is 0 Å². The van der Waals surface area contributed by atoms with Crippen molar-refractivity contribution in [2.24, 2.45) is 5.41 Å². The molecule has 54 valence electrons. The fourth-order valence-electron chi connectivity index (χ4n) is 2.21. The van der Waals surface area contributed by atoms with Crippen molar-refractivity contribution in [2.75, 3.05) is 0 Å². The van der Waals surface area contributed by atoms with Gasteiger partial charge in [-0.1, -0.05) is 12.5 Å². The molecule has 2 rings (SSSR count). The maximum atomic E-state index is 11.0. The Morgan fingerprint density at radius 2 is 2.40 bits per heavy atom. The second-order valence-electron chi connectivity index (χ2n) is 3.73. The molecule has 0 aromatic carbocycles. The van der Waals surface area contributed by atoms with Gasteiger partial charge in [0.15, 0.2) is 5.78 Å². The van der Waals surface area contributed by atoms with Crippen molar-refractivity contribution in [2.45, 2.75) is 32.6 Å². The Labute approximate surface area is 61.1 Å². The van der Waals surface area contributed by atoms with E-state index in [-0.39, 0.29) is 5.41 Å². The topological polar surface area (TPSA) is 17.1 Å². The average molecular weight is 136 g/mol. The first-order valence-corrected chi connectivity index (χ1v) is 3.95. The van der Waals surface area contributed by atoms with Gasteiger partial charge in [-0.05, 0) is 30.8 Å². The van der Waals surface area contributed by atoms with Crippen LogP contribution in [0, 0.1) is 5.41 Å². The molecule has 10 heavy (non-hydrogen) atoms. The summed E-state index contributed by atoms with van der Waals surface area (Å²) in [6, 6.07) is 0. The number of carbonyl (C=O) groups is 1. The van der Waals surface area contributed by atoms with Gasteiger partial charge in [0, 0.05) is 6.42 Å². The van der Waals surface area contributed by atoms with Gasteiger partial charge in [-0.25, -0.2) is 0 Å². The molecule has 0 bridgehead atoms. The van der Waals surface area contributed by atoms with E-state index in [0.29, 0.717) is 5.78 Å². The highest BCUT2D eigenvalue weighted by atomic mass is 16.1. The van der Waals surface area contributed by atoms with Gasteiger partial charge in [0.25, 0.3) is 0 Å². The van der Waals surface area contributed by atoms with Crippen LogP contribution in [0.4, 0.5) is 0 Å². The predicted octanol–water partition coefficient (Wildman–Crippen LogP) is 2.08. The van der Waals surface area contributed by atoms with Gasteiger partial charge in [-0.3, -0.25) is 4.79 Å². The van der Waals surface area contributed by atoms with Crippen LogP contribution < -0.4 is 0 Å². The third kappa shape index (κ3) is 0.664. The van der Waals surface area contributed by atoms with E-state index >= 15 is 0 Å². The fraction of sp³-hybridized carbons (Fsp3) is 0.667. The Kier molecular flexibility index (Phi) is 1.05. The van der Waals surface area contributed by atoms with E-state index in [1.54, 1.807) is 0 Å². The van der Waals surface area contributed by atoms with E-state index in [0.717, 1.165) is 6.42 Å². The molecule has 1 saturated carbocycles. The number of rotatable bonds is 0. The molecule has 1 unspecified atom stereocenters.